The van der Waals surface area contributed by atoms with Gasteiger partial charge in [-0.15, -0.1) is 0 Å². The monoisotopic (exact) mass is 915 g/mol. The standard InChI is InChI=1S/C41H31N.C16H18.C13H12/c1-4-6-13-30(5-2)42-38-17-10-9-15-32(38)35-25-28(19-21-39(35)42)29-18-20-34-36(26-29)41(22-11-12-23-41)37-24-27(3)31-14-7-8-16-33(31)40(34)37;1-4-14-9-10-16(13(3)11-14)15-8-6-5-7-12(15)2;1-11-7-9-13(10-8-11)12-5-3-2-4-6-12/h4-26H,2H2,1,3H3;5-11H,4H2,1-3H3;2-10H,1H3/b6-4-,30-13+;;. The van der Waals surface area contributed by atoms with Crippen LogP contribution in [0.3, 0.4) is 0 Å². The fourth-order valence-electron chi connectivity index (χ4n) is 10.8. The van der Waals surface area contributed by atoms with Crippen molar-refractivity contribution < 1.29 is 0 Å². The van der Waals surface area contributed by atoms with Gasteiger partial charge in [0, 0.05) is 16.5 Å². The van der Waals surface area contributed by atoms with E-state index in [0.29, 0.717) is 0 Å². The molecule has 0 saturated heterocycles. The second-order valence-corrected chi connectivity index (χ2v) is 19.0. The summed E-state index contributed by atoms with van der Waals surface area (Å²) in [4.78, 5) is 0. The summed E-state index contributed by atoms with van der Waals surface area (Å²) in [5.41, 5.74) is 23.2. The molecule has 0 atom stereocenters. The largest absolute Gasteiger partial charge is 0.309 e. The van der Waals surface area contributed by atoms with Crippen LogP contribution in [0.4, 0.5) is 0 Å². The average molecular weight is 916 g/mol. The Morgan fingerprint density at radius 2 is 1.10 bits per heavy atom. The Balaban J connectivity index is 0.000000163. The van der Waals surface area contributed by atoms with E-state index in [-0.39, 0.29) is 5.41 Å². The van der Waals surface area contributed by atoms with Crippen LogP contribution in [-0.4, -0.2) is 4.57 Å². The Morgan fingerprint density at radius 1 is 0.493 bits per heavy atom. The predicted molar refractivity (Wildman–Crippen MR) is 308 cm³/mol. The van der Waals surface area contributed by atoms with E-state index in [1.807, 2.05) is 25.1 Å². The number of para-hydroxylation sites is 1. The lowest BCUT2D eigenvalue weighted by Crippen LogP contribution is -2.17. The van der Waals surface area contributed by atoms with Gasteiger partial charge >= 0.3 is 0 Å². The maximum Gasteiger partial charge on any atom is 0.0581 e. The quantitative estimate of drug-likeness (QED) is 0.140. The van der Waals surface area contributed by atoms with Crippen molar-refractivity contribution >= 4 is 38.3 Å². The molecule has 1 heterocycles. The van der Waals surface area contributed by atoms with Crippen molar-refractivity contribution in [2.75, 3.05) is 0 Å². The van der Waals surface area contributed by atoms with Crippen LogP contribution in [-0.2, 0) is 11.8 Å². The van der Waals surface area contributed by atoms with E-state index in [1.54, 1.807) is 0 Å². The summed E-state index contributed by atoms with van der Waals surface area (Å²) in [5, 5.41) is 5.16. The highest BCUT2D eigenvalue weighted by molar-refractivity contribution is 6.12. The predicted octanol–water partition coefficient (Wildman–Crippen LogP) is 19.1. The van der Waals surface area contributed by atoms with Crippen molar-refractivity contribution in [2.24, 2.45) is 0 Å². The van der Waals surface area contributed by atoms with Crippen molar-refractivity contribution in [3.63, 3.8) is 0 Å². The molecule has 2 aliphatic rings. The number of aryl methyl sites for hydroxylation is 5. The minimum absolute atomic E-state index is 0.230. The zero-order chi connectivity index (χ0) is 49.1. The average Bonchev–Trinajstić information content (AvgIpc) is 4.11. The van der Waals surface area contributed by atoms with Gasteiger partial charge in [-0.3, -0.25) is 0 Å². The highest BCUT2D eigenvalue weighted by atomic mass is 15.0. The minimum atomic E-state index is -0.230. The highest BCUT2D eigenvalue weighted by Crippen LogP contribution is 2.55. The van der Waals surface area contributed by atoms with Crippen LogP contribution in [0, 0.1) is 27.7 Å². The second-order valence-electron chi connectivity index (χ2n) is 19.0. The van der Waals surface area contributed by atoms with Gasteiger partial charge in [-0.05, 0) is 166 Å². The molecule has 0 aliphatic heterocycles. The summed E-state index contributed by atoms with van der Waals surface area (Å²) in [5.74, 6) is 0. The first-order chi connectivity index (χ1) is 34.7. The van der Waals surface area contributed by atoms with E-state index < -0.39 is 0 Å². The molecule has 9 aromatic carbocycles. The molecule has 0 saturated carbocycles. The van der Waals surface area contributed by atoms with Gasteiger partial charge in [0.2, 0.25) is 0 Å². The zero-order valence-corrected chi connectivity index (χ0v) is 41.9. The number of hydrogen-bond acceptors (Lipinski definition) is 0. The molecule has 2 aliphatic carbocycles. The zero-order valence-electron chi connectivity index (χ0n) is 41.9. The van der Waals surface area contributed by atoms with Crippen molar-refractivity contribution in [3.05, 3.63) is 282 Å². The first-order valence-electron chi connectivity index (χ1n) is 25.0. The van der Waals surface area contributed by atoms with Gasteiger partial charge in [0.1, 0.15) is 0 Å². The van der Waals surface area contributed by atoms with Gasteiger partial charge in [0.05, 0.1) is 16.4 Å². The fraction of sp³-hybridized carbons (Fsp3) is 0.114. The normalized spacial score (nSPS) is 13.1. The summed E-state index contributed by atoms with van der Waals surface area (Å²) in [6, 6.07) is 68.3. The van der Waals surface area contributed by atoms with Gasteiger partial charge in [-0.2, -0.15) is 0 Å². The van der Waals surface area contributed by atoms with Gasteiger partial charge in [-0.1, -0.05) is 219 Å². The Kier molecular flexibility index (Phi) is 13.1. The van der Waals surface area contributed by atoms with Crippen LogP contribution in [0.5, 0.6) is 0 Å². The van der Waals surface area contributed by atoms with Crippen LogP contribution in [0.25, 0.3) is 82.8 Å². The summed E-state index contributed by atoms with van der Waals surface area (Å²) < 4.78 is 2.32. The summed E-state index contributed by atoms with van der Waals surface area (Å²) in [6.45, 7) is 17.1. The lowest BCUT2D eigenvalue weighted by molar-refractivity contribution is 0.858. The van der Waals surface area contributed by atoms with Gasteiger partial charge < -0.3 is 4.57 Å². The SMILES string of the molecule is C=C/C(=C\C=C/C)n1c2ccccc2c2cc(-c3ccc4c(c3)C3(C=CC=C3)c3cc(C)c5ccccc5c3-4)ccc21.CCc1ccc(-c2ccccc2C)c(C)c1.Cc1ccc(-c2ccccc2)cc1. The smallest absolute Gasteiger partial charge is 0.0581 e. The Morgan fingerprint density at radius 3 is 1.82 bits per heavy atom. The molecule has 71 heavy (non-hydrogen) atoms. The van der Waals surface area contributed by atoms with E-state index in [0.717, 1.165) is 12.1 Å². The first-order valence-corrected chi connectivity index (χ1v) is 25.0. The highest BCUT2D eigenvalue weighted by Gasteiger charge is 2.42. The maximum absolute atomic E-state index is 4.12. The van der Waals surface area contributed by atoms with Crippen molar-refractivity contribution in [3.8, 4) is 44.5 Å². The number of rotatable bonds is 7. The van der Waals surface area contributed by atoms with Crippen LogP contribution in [0.2, 0.25) is 0 Å². The van der Waals surface area contributed by atoms with Crippen LogP contribution < -0.4 is 0 Å². The van der Waals surface area contributed by atoms with Crippen LogP contribution in [0.1, 0.15) is 52.8 Å². The molecule has 0 bridgehead atoms. The number of fused-ring (bicyclic) bond motifs is 10. The van der Waals surface area contributed by atoms with Crippen LogP contribution >= 0.6 is 0 Å². The molecule has 0 amide bonds. The van der Waals surface area contributed by atoms with Gasteiger partial charge in [-0.25, -0.2) is 0 Å². The third-order valence-corrected chi connectivity index (χ3v) is 14.5. The molecule has 1 spiro atoms. The van der Waals surface area contributed by atoms with Gasteiger partial charge in [0.15, 0.2) is 0 Å². The Labute approximate surface area is 420 Å². The topological polar surface area (TPSA) is 4.93 Å². The van der Waals surface area contributed by atoms with Crippen molar-refractivity contribution in [2.45, 2.75) is 53.4 Å². The Bertz CT molecular complexity index is 3720. The van der Waals surface area contributed by atoms with E-state index in [4.69, 9.17) is 0 Å². The molecule has 0 fully saturated rings. The van der Waals surface area contributed by atoms with E-state index >= 15 is 0 Å². The Hall–Kier alpha value is -8.26. The molecular weight excluding hydrogens is 855 g/mol. The van der Waals surface area contributed by atoms with E-state index in [2.05, 4.69) is 264 Å². The van der Waals surface area contributed by atoms with E-state index in [9.17, 15) is 0 Å². The first kappa shape index (κ1) is 46.5. The molecular formula is C70H61N. The lowest BCUT2D eigenvalue weighted by atomic mass is 9.78. The van der Waals surface area contributed by atoms with Gasteiger partial charge in [0.25, 0.3) is 0 Å². The minimum Gasteiger partial charge on any atom is -0.309 e. The molecule has 1 heteroatoms. The molecule has 12 rings (SSSR count). The maximum atomic E-state index is 4.12. The van der Waals surface area contributed by atoms with E-state index in [1.165, 1.54) is 116 Å². The number of nitrogens with zero attached hydrogens (tertiary/aromatic N) is 1. The van der Waals surface area contributed by atoms with Crippen LogP contribution in [0.15, 0.2) is 243 Å². The number of hydrogen-bond donors (Lipinski definition) is 0. The molecule has 0 radical (unpaired) electrons. The van der Waals surface area contributed by atoms with Crippen molar-refractivity contribution in [1.29, 1.82) is 0 Å². The third kappa shape index (κ3) is 8.74. The molecule has 0 N–H and O–H groups in total. The number of allylic oxidation sites excluding steroid dienone is 9. The summed E-state index contributed by atoms with van der Waals surface area (Å²) in [7, 11) is 0. The molecule has 346 valence electrons. The second kappa shape index (κ2) is 20.0. The molecule has 1 aromatic heterocycles. The molecule has 1 nitrogen and oxygen atoms in total. The lowest BCUT2D eigenvalue weighted by Gasteiger charge is -2.24. The fourth-order valence-corrected chi connectivity index (χ4v) is 10.8. The summed E-state index contributed by atoms with van der Waals surface area (Å²) >= 11 is 0. The summed E-state index contributed by atoms with van der Waals surface area (Å²) in [6.07, 6.45) is 18.4. The molecule has 10 aromatic rings. The number of aromatic nitrogens is 1. The van der Waals surface area contributed by atoms with Crippen molar-refractivity contribution in [1.82, 2.24) is 4.57 Å². The molecule has 0 unspecified atom stereocenters. The number of benzene rings is 9. The third-order valence-electron chi connectivity index (χ3n) is 14.5.